The standard InChI is InChI=1S/C19H18ClN5O2/c1-24-9-11-10-25(2)23-17(11)12-5-4-6-14(18(12)24)22-15-7-16(20)21-8-13(15)19(26)27-3/h4-8,10H,9H2,1-3H3,(H,21,22). The molecule has 3 heterocycles. The smallest absolute Gasteiger partial charge is 0.341 e. The van der Waals surface area contributed by atoms with Crippen molar-refractivity contribution in [3.05, 3.63) is 52.9 Å². The summed E-state index contributed by atoms with van der Waals surface area (Å²) in [6.45, 7) is 0.746. The molecule has 1 N–H and O–H groups in total. The Morgan fingerprint density at radius 1 is 1.30 bits per heavy atom. The third kappa shape index (κ3) is 3.00. The topological polar surface area (TPSA) is 72.3 Å². The highest BCUT2D eigenvalue weighted by Crippen LogP contribution is 2.43. The molecular formula is C19H18ClN5O2. The van der Waals surface area contributed by atoms with Gasteiger partial charge < -0.3 is 15.0 Å². The third-order valence-corrected chi connectivity index (χ3v) is 4.74. The maximum atomic E-state index is 12.1. The Morgan fingerprint density at radius 2 is 2.11 bits per heavy atom. The van der Waals surface area contributed by atoms with E-state index in [1.54, 1.807) is 6.07 Å². The Kier molecular flexibility index (Phi) is 4.24. The van der Waals surface area contributed by atoms with E-state index in [0.717, 1.165) is 29.2 Å². The second kappa shape index (κ2) is 6.59. The summed E-state index contributed by atoms with van der Waals surface area (Å²) in [5.41, 5.74) is 5.88. The molecule has 2 aromatic heterocycles. The highest BCUT2D eigenvalue weighted by molar-refractivity contribution is 6.29. The predicted molar refractivity (Wildman–Crippen MR) is 105 cm³/mol. The van der Waals surface area contributed by atoms with E-state index in [0.29, 0.717) is 11.3 Å². The summed E-state index contributed by atoms with van der Waals surface area (Å²) < 4.78 is 6.68. The number of carbonyl (C=O) groups excluding carboxylic acids is 1. The fourth-order valence-electron chi connectivity index (χ4n) is 3.41. The molecule has 0 unspecified atom stereocenters. The quantitative estimate of drug-likeness (QED) is 0.550. The molecule has 1 aliphatic rings. The van der Waals surface area contributed by atoms with Gasteiger partial charge in [0.15, 0.2) is 0 Å². The first-order valence-corrected chi connectivity index (χ1v) is 8.73. The van der Waals surface area contributed by atoms with Crippen molar-refractivity contribution in [1.82, 2.24) is 14.8 Å². The van der Waals surface area contributed by atoms with Gasteiger partial charge in [0.1, 0.15) is 10.7 Å². The number of hydrogen-bond donors (Lipinski definition) is 1. The van der Waals surface area contributed by atoms with Crippen molar-refractivity contribution in [3.8, 4) is 11.3 Å². The molecule has 8 heteroatoms. The van der Waals surface area contributed by atoms with Crippen molar-refractivity contribution in [2.24, 2.45) is 7.05 Å². The first kappa shape index (κ1) is 17.4. The molecule has 0 fully saturated rings. The van der Waals surface area contributed by atoms with Crippen molar-refractivity contribution in [2.75, 3.05) is 24.4 Å². The van der Waals surface area contributed by atoms with E-state index < -0.39 is 5.97 Å². The van der Waals surface area contributed by atoms with E-state index >= 15 is 0 Å². The van der Waals surface area contributed by atoms with Crippen LogP contribution >= 0.6 is 11.6 Å². The lowest BCUT2D eigenvalue weighted by molar-refractivity contribution is 0.0601. The Morgan fingerprint density at radius 3 is 2.89 bits per heavy atom. The number of ether oxygens (including phenoxy) is 1. The average molecular weight is 384 g/mol. The Labute approximate surface area is 161 Å². The van der Waals surface area contributed by atoms with Gasteiger partial charge >= 0.3 is 5.97 Å². The molecule has 138 valence electrons. The monoisotopic (exact) mass is 383 g/mol. The molecule has 0 amide bonds. The zero-order valence-corrected chi connectivity index (χ0v) is 15.9. The van der Waals surface area contributed by atoms with Crippen LogP contribution < -0.4 is 10.2 Å². The van der Waals surface area contributed by atoms with Gasteiger partial charge in [0, 0.05) is 44.2 Å². The summed E-state index contributed by atoms with van der Waals surface area (Å²) in [4.78, 5) is 18.2. The normalized spacial score (nSPS) is 12.4. The zero-order valence-electron chi connectivity index (χ0n) is 15.2. The second-order valence-electron chi connectivity index (χ2n) is 6.40. The summed E-state index contributed by atoms with van der Waals surface area (Å²) in [5, 5.41) is 8.22. The number of nitrogens with one attached hydrogen (secondary N) is 1. The van der Waals surface area contributed by atoms with Crippen LogP contribution in [-0.2, 0) is 18.3 Å². The molecule has 0 bridgehead atoms. The molecule has 0 spiro atoms. The lowest BCUT2D eigenvalue weighted by Crippen LogP contribution is -2.22. The Balaban J connectivity index is 1.82. The number of rotatable bonds is 3. The molecule has 7 nitrogen and oxygen atoms in total. The van der Waals surface area contributed by atoms with Crippen LogP contribution in [0, 0.1) is 0 Å². The first-order chi connectivity index (χ1) is 13.0. The number of nitrogens with zero attached hydrogens (tertiary/aromatic N) is 4. The van der Waals surface area contributed by atoms with Gasteiger partial charge in [-0.2, -0.15) is 5.10 Å². The molecule has 0 saturated carbocycles. The van der Waals surface area contributed by atoms with Crippen LogP contribution in [0.15, 0.2) is 36.7 Å². The molecule has 1 aromatic carbocycles. The molecule has 0 aliphatic carbocycles. The number of esters is 1. The van der Waals surface area contributed by atoms with Gasteiger partial charge in [-0.25, -0.2) is 9.78 Å². The lowest BCUT2D eigenvalue weighted by atomic mass is 9.99. The van der Waals surface area contributed by atoms with Gasteiger partial charge in [0.05, 0.1) is 29.9 Å². The van der Waals surface area contributed by atoms with Crippen LogP contribution in [0.4, 0.5) is 17.1 Å². The SMILES string of the molecule is COC(=O)c1cnc(Cl)cc1Nc1cccc2c1N(C)Cc1cn(C)nc1-2. The summed E-state index contributed by atoms with van der Waals surface area (Å²) in [6, 6.07) is 7.57. The minimum atomic E-state index is -0.480. The van der Waals surface area contributed by atoms with E-state index in [2.05, 4.69) is 20.3 Å². The fourth-order valence-corrected chi connectivity index (χ4v) is 3.57. The number of anilines is 3. The van der Waals surface area contributed by atoms with E-state index in [-0.39, 0.29) is 5.15 Å². The number of carbonyl (C=O) groups is 1. The van der Waals surface area contributed by atoms with Crippen molar-refractivity contribution >= 4 is 34.6 Å². The first-order valence-electron chi connectivity index (χ1n) is 8.36. The van der Waals surface area contributed by atoms with E-state index in [4.69, 9.17) is 16.3 Å². The molecule has 27 heavy (non-hydrogen) atoms. The Hall–Kier alpha value is -3.06. The molecule has 0 saturated heterocycles. The summed E-state index contributed by atoms with van der Waals surface area (Å²) >= 11 is 6.05. The second-order valence-corrected chi connectivity index (χ2v) is 6.79. The number of aryl methyl sites for hydroxylation is 1. The number of benzene rings is 1. The van der Waals surface area contributed by atoms with Crippen LogP contribution in [0.3, 0.4) is 0 Å². The van der Waals surface area contributed by atoms with Crippen LogP contribution in [0.25, 0.3) is 11.3 Å². The van der Waals surface area contributed by atoms with Gasteiger partial charge in [-0.05, 0) is 12.1 Å². The number of para-hydroxylation sites is 1. The minimum Gasteiger partial charge on any atom is -0.465 e. The molecule has 4 rings (SSSR count). The van der Waals surface area contributed by atoms with Gasteiger partial charge in [-0.1, -0.05) is 23.7 Å². The summed E-state index contributed by atoms with van der Waals surface area (Å²) in [5.74, 6) is -0.480. The fraction of sp³-hybridized carbons (Fsp3) is 0.211. The van der Waals surface area contributed by atoms with Crippen LogP contribution in [-0.4, -0.2) is 34.9 Å². The molecule has 1 aliphatic heterocycles. The molecule has 0 radical (unpaired) electrons. The van der Waals surface area contributed by atoms with Crippen molar-refractivity contribution in [2.45, 2.75) is 6.54 Å². The summed E-state index contributed by atoms with van der Waals surface area (Å²) in [6.07, 6.45) is 3.44. The van der Waals surface area contributed by atoms with E-state index in [9.17, 15) is 4.79 Å². The lowest BCUT2D eigenvalue weighted by Gasteiger charge is -2.29. The number of hydrogen-bond acceptors (Lipinski definition) is 6. The molecule has 3 aromatic rings. The van der Waals surface area contributed by atoms with Gasteiger partial charge in [0.25, 0.3) is 0 Å². The largest absolute Gasteiger partial charge is 0.465 e. The predicted octanol–water partition coefficient (Wildman–Crippen LogP) is 3.62. The van der Waals surface area contributed by atoms with Crippen molar-refractivity contribution in [3.63, 3.8) is 0 Å². The van der Waals surface area contributed by atoms with Gasteiger partial charge in [0.2, 0.25) is 0 Å². The molecule has 0 atom stereocenters. The average Bonchev–Trinajstić information content (AvgIpc) is 3.01. The number of halogens is 1. The minimum absolute atomic E-state index is 0.287. The van der Waals surface area contributed by atoms with Crippen molar-refractivity contribution in [1.29, 1.82) is 0 Å². The third-order valence-electron chi connectivity index (χ3n) is 4.53. The number of fused-ring (bicyclic) bond motifs is 3. The van der Waals surface area contributed by atoms with Crippen LogP contribution in [0.5, 0.6) is 0 Å². The Bertz CT molecular complexity index is 1050. The highest BCUT2D eigenvalue weighted by Gasteiger charge is 2.25. The van der Waals surface area contributed by atoms with Crippen molar-refractivity contribution < 1.29 is 9.53 Å². The van der Waals surface area contributed by atoms with Gasteiger partial charge in [-0.15, -0.1) is 0 Å². The van der Waals surface area contributed by atoms with Gasteiger partial charge in [-0.3, -0.25) is 4.68 Å². The van der Waals surface area contributed by atoms with Crippen LogP contribution in [0.2, 0.25) is 5.15 Å². The number of pyridine rings is 1. The summed E-state index contributed by atoms with van der Waals surface area (Å²) in [7, 11) is 5.28. The zero-order chi connectivity index (χ0) is 19.1. The molecular weight excluding hydrogens is 366 g/mol. The maximum absolute atomic E-state index is 12.1. The van der Waals surface area contributed by atoms with Crippen LogP contribution in [0.1, 0.15) is 15.9 Å². The maximum Gasteiger partial charge on any atom is 0.341 e. The number of aromatic nitrogens is 3. The van der Waals surface area contributed by atoms with E-state index in [1.165, 1.54) is 18.9 Å². The van der Waals surface area contributed by atoms with E-state index in [1.807, 2.05) is 43.2 Å². The highest BCUT2D eigenvalue weighted by atomic mass is 35.5. The number of methoxy groups -OCH3 is 1.